The Bertz CT molecular complexity index is 604. The van der Waals surface area contributed by atoms with Crippen LogP contribution in [0.5, 0.6) is 0 Å². The minimum Gasteiger partial charge on any atom is -0.341 e. The lowest BCUT2D eigenvalue weighted by atomic mass is 9.53. The number of hydrogen-bond acceptors (Lipinski definition) is 2. The van der Waals surface area contributed by atoms with Crippen LogP contribution in [0.25, 0.3) is 11.0 Å². The summed E-state index contributed by atoms with van der Waals surface area (Å²) in [6, 6.07) is 8.31. The highest BCUT2D eigenvalue weighted by Gasteiger charge is 2.50. The van der Waals surface area contributed by atoms with E-state index in [2.05, 4.69) is 34.6 Å². The van der Waals surface area contributed by atoms with Crippen molar-refractivity contribution in [2.45, 2.75) is 50.6 Å². The first-order valence-electron chi connectivity index (χ1n) is 8.47. The molecule has 4 aliphatic carbocycles. The van der Waals surface area contributed by atoms with E-state index in [0.717, 1.165) is 41.2 Å². The zero-order valence-electron chi connectivity index (χ0n) is 12.4. The smallest absolute Gasteiger partial charge is 0.121 e. The fraction of sp³-hybridized carbons (Fsp3) is 0.611. The number of aromatic nitrogens is 2. The van der Waals surface area contributed by atoms with Gasteiger partial charge in [0.15, 0.2) is 0 Å². The molecule has 1 aromatic carbocycles. The van der Waals surface area contributed by atoms with Gasteiger partial charge in [0, 0.05) is 5.54 Å². The van der Waals surface area contributed by atoms with E-state index in [1.54, 1.807) is 0 Å². The first kappa shape index (κ1) is 12.2. The molecule has 1 heterocycles. The summed E-state index contributed by atoms with van der Waals surface area (Å²) >= 11 is 0. The SMILES string of the molecule is c1ccc2[nH]c(CNC34CC5CC(CC(C5)C3)C4)nc2c1. The van der Waals surface area contributed by atoms with Crippen LogP contribution in [0.3, 0.4) is 0 Å². The van der Waals surface area contributed by atoms with E-state index < -0.39 is 0 Å². The first-order valence-corrected chi connectivity index (χ1v) is 8.47. The summed E-state index contributed by atoms with van der Waals surface area (Å²) in [6.45, 7) is 0.890. The number of benzene rings is 1. The Morgan fingerprint density at radius 1 is 1.05 bits per heavy atom. The molecule has 3 heteroatoms. The molecule has 4 fully saturated rings. The van der Waals surface area contributed by atoms with Crippen LogP contribution < -0.4 is 5.32 Å². The van der Waals surface area contributed by atoms with Gasteiger partial charge in [-0.2, -0.15) is 0 Å². The van der Waals surface area contributed by atoms with E-state index in [9.17, 15) is 0 Å². The van der Waals surface area contributed by atoms with Crippen LogP contribution in [0, 0.1) is 17.8 Å². The molecule has 0 saturated heterocycles. The van der Waals surface area contributed by atoms with Crippen molar-refractivity contribution >= 4 is 11.0 Å². The summed E-state index contributed by atoms with van der Waals surface area (Å²) in [5.41, 5.74) is 2.66. The summed E-state index contributed by atoms with van der Waals surface area (Å²) in [4.78, 5) is 8.17. The van der Waals surface area contributed by atoms with Gasteiger partial charge in [-0.3, -0.25) is 0 Å². The van der Waals surface area contributed by atoms with E-state index in [4.69, 9.17) is 4.98 Å². The third-order valence-corrected chi connectivity index (χ3v) is 6.11. The van der Waals surface area contributed by atoms with E-state index >= 15 is 0 Å². The molecule has 0 aliphatic heterocycles. The van der Waals surface area contributed by atoms with Crippen LogP contribution in [-0.4, -0.2) is 15.5 Å². The quantitative estimate of drug-likeness (QED) is 0.902. The fourth-order valence-electron chi connectivity index (χ4n) is 5.69. The predicted molar refractivity (Wildman–Crippen MR) is 83.8 cm³/mol. The van der Waals surface area contributed by atoms with Gasteiger partial charge in [0.25, 0.3) is 0 Å². The van der Waals surface area contributed by atoms with Crippen LogP contribution in [-0.2, 0) is 6.54 Å². The monoisotopic (exact) mass is 281 g/mol. The van der Waals surface area contributed by atoms with E-state index in [0.29, 0.717) is 5.54 Å². The third kappa shape index (κ3) is 2.02. The fourth-order valence-corrected chi connectivity index (χ4v) is 5.69. The van der Waals surface area contributed by atoms with Crippen molar-refractivity contribution in [3.05, 3.63) is 30.1 Å². The molecular weight excluding hydrogens is 258 g/mol. The maximum atomic E-state index is 4.71. The Labute approximate surface area is 125 Å². The number of H-pyrrole nitrogens is 1. The maximum absolute atomic E-state index is 4.71. The first-order chi connectivity index (χ1) is 10.3. The van der Waals surface area contributed by atoms with E-state index in [1.807, 2.05) is 0 Å². The summed E-state index contributed by atoms with van der Waals surface area (Å²) in [5.74, 6) is 4.09. The summed E-state index contributed by atoms with van der Waals surface area (Å²) in [6.07, 6.45) is 8.72. The van der Waals surface area contributed by atoms with Gasteiger partial charge >= 0.3 is 0 Å². The zero-order valence-corrected chi connectivity index (χ0v) is 12.4. The van der Waals surface area contributed by atoms with Crippen molar-refractivity contribution in [2.24, 2.45) is 17.8 Å². The highest BCUT2D eigenvalue weighted by atomic mass is 15.0. The van der Waals surface area contributed by atoms with Crippen LogP contribution in [0.2, 0.25) is 0 Å². The number of imidazole rings is 1. The molecule has 110 valence electrons. The number of aromatic amines is 1. The van der Waals surface area contributed by atoms with Crippen molar-refractivity contribution < 1.29 is 0 Å². The lowest BCUT2D eigenvalue weighted by Crippen LogP contribution is -2.58. The molecule has 0 spiro atoms. The molecule has 0 radical (unpaired) electrons. The van der Waals surface area contributed by atoms with Crippen molar-refractivity contribution in [3.63, 3.8) is 0 Å². The maximum Gasteiger partial charge on any atom is 0.121 e. The lowest BCUT2D eigenvalue weighted by molar-refractivity contribution is -0.0208. The Hall–Kier alpha value is -1.35. The molecule has 2 aromatic rings. The van der Waals surface area contributed by atoms with Crippen LogP contribution in [0.4, 0.5) is 0 Å². The number of nitrogens with one attached hydrogen (secondary N) is 2. The number of fused-ring (bicyclic) bond motifs is 1. The number of para-hydroxylation sites is 2. The average molecular weight is 281 g/mol. The van der Waals surface area contributed by atoms with Gasteiger partial charge in [-0.15, -0.1) is 0 Å². The molecule has 0 unspecified atom stereocenters. The normalized spacial score (nSPS) is 37.4. The molecule has 2 N–H and O–H groups in total. The largest absolute Gasteiger partial charge is 0.341 e. The lowest BCUT2D eigenvalue weighted by Gasteiger charge is -2.57. The molecular formula is C18H23N3. The van der Waals surface area contributed by atoms with Gasteiger partial charge in [-0.25, -0.2) is 4.98 Å². The molecule has 4 bridgehead atoms. The van der Waals surface area contributed by atoms with Crippen molar-refractivity contribution in [2.75, 3.05) is 0 Å². The Balaban J connectivity index is 1.35. The standard InChI is InChI=1S/C18H23N3/c1-2-4-16-15(3-1)20-17(21-16)11-19-18-8-12-5-13(9-18)7-14(6-12)10-18/h1-4,12-14,19H,5-11H2,(H,20,21). The highest BCUT2D eigenvalue weighted by molar-refractivity contribution is 5.74. The van der Waals surface area contributed by atoms with E-state index in [-0.39, 0.29) is 0 Å². The number of nitrogens with zero attached hydrogens (tertiary/aromatic N) is 1. The minimum absolute atomic E-state index is 0.424. The Morgan fingerprint density at radius 3 is 2.38 bits per heavy atom. The average Bonchev–Trinajstić information content (AvgIpc) is 2.87. The summed E-state index contributed by atoms with van der Waals surface area (Å²) < 4.78 is 0. The molecule has 6 rings (SSSR count). The molecule has 0 amide bonds. The van der Waals surface area contributed by atoms with Crippen LogP contribution in [0.1, 0.15) is 44.3 Å². The molecule has 3 nitrogen and oxygen atoms in total. The van der Waals surface area contributed by atoms with Gasteiger partial charge in [-0.1, -0.05) is 12.1 Å². The third-order valence-electron chi connectivity index (χ3n) is 6.11. The Morgan fingerprint density at radius 2 is 1.71 bits per heavy atom. The van der Waals surface area contributed by atoms with Crippen molar-refractivity contribution in [1.82, 2.24) is 15.3 Å². The van der Waals surface area contributed by atoms with Crippen molar-refractivity contribution in [1.29, 1.82) is 0 Å². The van der Waals surface area contributed by atoms with E-state index in [1.165, 1.54) is 38.5 Å². The van der Waals surface area contributed by atoms with Crippen molar-refractivity contribution in [3.8, 4) is 0 Å². The summed E-state index contributed by atoms with van der Waals surface area (Å²) in [7, 11) is 0. The molecule has 21 heavy (non-hydrogen) atoms. The van der Waals surface area contributed by atoms with Crippen LogP contribution in [0.15, 0.2) is 24.3 Å². The molecule has 4 aliphatic rings. The predicted octanol–water partition coefficient (Wildman–Crippen LogP) is 3.62. The molecule has 4 saturated carbocycles. The van der Waals surface area contributed by atoms with Crippen LogP contribution >= 0.6 is 0 Å². The second kappa shape index (κ2) is 4.33. The highest BCUT2D eigenvalue weighted by Crippen LogP contribution is 2.55. The summed E-state index contributed by atoms with van der Waals surface area (Å²) in [5, 5.41) is 3.91. The minimum atomic E-state index is 0.424. The van der Waals surface area contributed by atoms with Gasteiger partial charge in [0.1, 0.15) is 5.82 Å². The Kier molecular flexibility index (Phi) is 2.52. The topological polar surface area (TPSA) is 40.7 Å². The molecule has 1 aromatic heterocycles. The second-order valence-corrected chi connectivity index (χ2v) is 7.75. The zero-order chi connectivity index (χ0) is 13.9. The molecule has 0 atom stereocenters. The van der Waals surface area contributed by atoms with Gasteiger partial charge in [0.2, 0.25) is 0 Å². The van der Waals surface area contributed by atoms with Gasteiger partial charge in [-0.05, 0) is 68.4 Å². The van der Waals surface area contributed by atoms with Gasteiger partial charge in [0.05, 0.1) is 17.6 Å². The number of hydrogen-bond donors (Lipinski definition) is 2. The second-order valence-electron chi connectivity index (χ2n) is 7.75. The number of rotatable bonds is 3. The van der Waals surface area contributed by atoms with Gasteiger partial charge < -0.3 is 10.3 Å².